The number of hydrogen-bond donors (Lipinski definition) is 2. The minimum absolute atomic E-state index is 0.113. The molecule has 3 aromatic rings. The summed E-state index contributed by atoms with van der Waals surface area (Å²) in [6.07, 6.45) is 6.39. The first kappa shape index (κ1) is 27.6. The number of hydrogen-bond acceptors (Lipinski definition) is 7. The number of aliphatic hydroxyl groups is 1. The summed E-state index contributed by atoms with van der Waals surface area (Å²) in [7, 11) is 1.59. The number of thioether (sulfide) groups is 1. The number of halogens is 1. The summed E-state index contributed by atoms with van der Waals surface area (Å²) < 4.78 is 5.35. The van der Waals surface area contributed by atoms with Gasteiger partial charge in [-0.1, -0.05) is 17.7 Å². The minimum atomic E-state index is -0.822. The van der Waals surface area contributed by atoms with Gasteiger partial charge in [-0.3, -0.25) is 9.78 Å². The third-order valence-corrected chi connectivity index (χ3v) is 8.63. The normalized spacial score (nSPS) is 16.5. The molecule has 37 heavy (non-hydrogen) atoms. The van der Waals surface area contributed by atoms with Crippen LogP contribution in [0.3, 0.4) is 0 Å². The molecule has 1 saturated heterocycles. The predicted octanol–water partition coefficient (Wildman–Crippen LogP) is 5.84. The Morgan fingerprint density at radius 3 is 2.76 bits per heavy atom. The summed E-state index contributed by atoms with van der Waals surface area (Å²) in [6, 6.07) is 11.5. The van der Waals surface area contributed by atoms with Crippen LogP contribution >= 0.6 is 23.4 Å². The number of aliphatic carboxylic acids is 1. The molecule has 7 nitrogen and oxygen atoms in total. The van der Waals surface area contributed by atoms with E-state index in [9.17, 15) is 15.0 Å². The van der Waals surface area contributed by atoms with E-state index in [1.807, 2.05) is 42.6 Å². The monoisotopic (exact) mass is 543 g/mol. The highest BCUT2D eigenvalue weighted by Gasteiger charge is 2.37. The third kappa shape index (κ3) is 7.35. The SMILES string of the molecule is COc1ccc2ncc(Cl)c([C@@H](O)CCC3(CC(=O)O)CCN(CCCSc4ccccn4)CC3)c2c1. The number of pyridine rings is 2. The second kappa shape index (κ2) is 12.9. The number of aliphatic hydroxyl groups excluding tert-OH is 1. The maximum atomic E-state index is 11.8. The number of likely N-dealkylation sites (tertiary alicyclic amines) is 1. The lowest BCUT2D eigenvalue weighted by atomic mass is 9.71. The highest BCUT2D eigenvalue weighted by Crippen LogP contribution is 2.43. The van der Waals surface area contributed by atoms with Crippen molar-refractivity contribution >= 4 is 40.2 Å². The average molecular weight is 544 g/mol. The molecule has 2 N–H and O–H groups in total. The molecule has 9 heteroatoms. The summed E-state index contributed by atoms with van der Waals surface area (Å²) in [6.45, 7) is 2.73. The maximum absolute atomic E-state index is 11.8. The van der Waals surface area contributed by atoms with Crippen LogP contribution in [0.4, 0.5) is 0 Å². The van der Waals surface area contributed by atoms with E-state index in [0.717, 1.165) is 60.6 Å². The largest absolute Gasteiger partial charge is 0.497 e. The van der Waals surface area contributed by atoms with Gasteiger partial charge >= 0.3 is 5.97 Å². The Kier molecular flexibility index (Phi) is 9.65. The maximum Gasteiger partial charge on any atom is 0.303 e. The van der Waals surface area contributed by atoms with Gasteiger partial charge in [-0.25, -0.2) is 4.98 Å². The summed E-state index contributed by atoms with van der Waals surface area (Å²) >= 11 is 8.25. The van der Waals surface area contributed by atoms with Gasteiger partial charge in [0.15, 0.2) is 0 Å². The van der Waals surface area contributed by atoms with Crippen molar-refractivity contribution in [2.24, 2.45) is 5.41 Å². The molecule has 0 radical (unpaired) electrons. The van der Waals surface area contributed by atoms with Crippen LogP contribution in [0.25, 0.3) is 10.9 Å². The van der Waals surface area contributed by atoms with Crippen molar-refractivity contribution in [3.8, 4) is 5.75 Å². The van der Waals surface area contributed by atoms with Crippen molar-refractivity contribution in [1.82, 2.24) is 14.9 Å². The number of carboxylic acids is 1. The fraction of sp³-hybridized carbons (Fsp3) is 0.464. The minimum Gasteiger partial charge on any atom is -0.497 e. The molecule has 2 aromatic heterocycles. The van der Waals surface area contributed by atoms with E-state index >= 15 is 0 Å². The summed E-state index contributed by atoms with van der Waals surface area (Å²) in [4.78, 5) is 22.9. The third-order valence-electron chi connectivity index (χ3n) is 7.30. The molecule has 0 saturated carbocycles. The van der Waals surface area contributed by atoms with Crippen LogP contribution in [0, 0.1) is 5.41 Å². The molecular formula is C28H34ClN3O4S. The average Bonchev–Trinajstić information content (AvgIpc) is 2.90. The molecule has 1 aliphatic rings. The van der Waals surface area contributed by atoms with E-state index in [1.54, 1.807) is 25.1 Å². The van der Waals surface area contributed by atoms with Crippen molar-refractivity contribution in [3.05, 3.63) is 59.4 Å². The van der Waals surface area contributed by atoms with Gasteiger partial charge in [-0.2, -0.15) is 0 Å². The highest BCUT2D eigenvalue weighted by atomic mass is 35.5. The molecule has 4 rings (SSSR count). The van der Waals surface area contributed by atoms with Crippen molar-refractivity contribution in [3.63, 3.8) is 0 Å². The number of nitrogens with zero attached hydrogens (tertiary/aromatic N) is 3. The molecule has 198 valence electrons. The van der Waals surface area contributed by atoms with Crippen molar-refractivity contribution in [1.29, 1.82) is 0 Å². The number of methoxy groups -OCH3 is 1. The number of carbonyl (C=O) groups is 1. The molecular weight excluding hydrogens is 510 g/mol. The lowest BCUT2D eigenvalue weighted by Crippen LogP contribution is -2.41. The highest BCUT2D eigenvalue weighted by molar-refractivity contribution is 7.99. The zero-order valence-electron chi connectivity index (χ0n) is 21.1. The van der Waals surface area contributed by atoms with Crippen LogP contribution in [-0.4, -0.2) is 63.5 Å². The summed E-state index contributed by atoms with van der Waals surface area (Å²) in [5.41, 5.74) is 1.02. The standard InChI is InChI=1S/C28H34ClN3O4S/c1-36-20-6-7-23-21(17-20)27(22(29)19-31-23)24(33)8-9-28(18-26(34)35)10-14-32(15-11-28)13-4-16-37-25-5-2-3-12-30-25/h2-3,5-7,12,17,19,24,33H,4,8-11,13-16,18H2,1H3,(H,34,35)/t24-/m0/s1. The van der Waals surface area contributed by atoms with Gasteiger partial charge in [-0.05, 0) is 87.5 Å². The Balaban J connectivity index is 1.35. The van der Waals surface area contributed by atoms with Gasteiger partial charge in [0.25, 0.3) is 0 Å². The number of piperidine rings is 1. The fourth-order valence-corrected chi connectivity index (χ4v) is 6.27. The van der Waals surface area contributed by atoms with Crippen molar-refractivity contribution in [2.45, 2.75) is 49.7 Å². The lowest BCUT2D eigenvalue weighted by Gasteiger charge is -2.41. The van der Waals surface area contributed by atoms with E-state index in [1.165, 1.54) is 0 Å². The van der Waals surface area contributed by atoms with Crippen LogP contribution in [-0.2, 0) is 4.79 Å². The van der Waals surface area contributed by atoms with E-state index in [4.69, 9.17) is 16.3 Å². The lowest BCUT2D eigenvalue weighted by molar-refractivity contribution is -0.141. The molecule has 0 aliphatic carbocycles. The van der Waals surface area contributed by atoms with E-state index in [0.29, 0.717) is 29.2 Å². The Morgan fingerprint density at radius 2 is 2.05 bits per heavy atom. The van der Waals surface area contributed by atoms with Crippen LogP contribution in [0.15, 0.2) is 53.8 Å². The first-order valence-corrected chi connectivity index (χ1v) is 14.0. The van der Waals surface area contributed by atoms with E-state index in [-0.39, 0.29) is 11.8 Å². The quantitative estimate of drug-likeness (QED) is 0.217. The van der Waals surface area contributed by atoms with E-state index in [2.05, 4.69) is 14.9 Å². The van der Waals surface area contributed by atoms with Crippen molar-refractivity contribution in [2.75, 3.05) is 32.5 Å². The van der Waals surface area contributed by atoms with Gasteiger partial charge in [0, 0.05) is 29.1 Å². The van der Waals surface area contributed by atoms with Gasteiger partial charge in [0.2, 0.25) is 0 Å². The van der Waals surface area contributed by atoms with Crippen LogP contribution in [0.5, 0.6) is 5.75 Å². The topological polar surface area (TPSA) is 95.8 Å². The summed E-state index contributed by atoms with van der Waals surface area (Å²) in [5.74, 6) is 0.885. The number of aromatic nitrogens is 2. The molecule has 1 atom stereocenters. The number of fused-ring (bicyclic) bond motifs is 1. The molecule has 0 unspecified atom stereocenters. The van der Waals surface area contributed by atoms with Crippen LogP contribution < -0.4 is 4.74 Å². The van der Waals surface area contributed by atoms with Crippen molar-refractivity contribution < 1.29 is 19.7 Å². The Bertz CT molecular complexity index is 1190. The second-order valence-corrected chi connectivity index (χ2v) is 11.3. The van der Waals surface area contributed by atoms with Crippen LogP contribution in [0.1, 0.15) is 50.2 Å². The molecule has 1 fully saturated rings. The first-order valence-electron chi connectivity index (χ1n) is 12.7. The number of ether oxygens (including phenoxy) is 1. The Hall–Kier alpha value is -2.39. The molecule has 0 amide bonds. The molecule has 0 bridgehead atoms. The molecule has 1 aliphatic heterocycles. The van der Waals surface area contributed by atoms with Gasteiger partial charge in [0.1, 0.15) is 5.75 Å². The number of benzene rings is 1. The molecule has 1 aromatic carbocycles. The summed E-state index contributed by atoms with van der Waals surface area (Å²) in [5, 5.41) is 23.1. The smallest absolute Gasteiger partial charge is 0.303 e. The Labute approximate surface area is 227 Å². The Morgan fingerprint density at radius 1 is 1.24 bits per heavy atom. The zero-order chi connectivity index (χ0) is 26.3. The molecule has 3 heterocycles. The van der Waals surface area contributed by atoms with Crippen LogP contribution in [0.2, 0.25) is 5.02 Å². The van der Waals surface area contributed by atoms with Gasteiger partial charge < -0.3 is 19.8 Å². The van der Waals surface area contributed by atoms with E-state index < -0.39 is 12.1 Å². The zero-order valence-corrected chi connectivity index (χ0v) is 22.7. The van der Waals surface area contributed by atoms with Gasteiger partial charge in [-0.15, -0.1) is 11.8 Å². The number of carboxylic acid groups (broad SMARTS) is 1. The van der Waals surface area contributed by atoms with Gasteiger partial charge in [0.05, 0.1) is 35.2 Å². The molecule has 0 spiro atoms. The number of rotatable bonds is 12. The second-order valence-electron chi connectivity index (χ2n) is 9.74. The predicted molar refractivity (Wildman–Crippen MR) is 147 cm³/mol. The first-order chi connectivity index (χ1) is 17.9. The fourth-order valence-electron chi connectivity index (χ4n) is 5.21.